The van der Waals surface area contributed by atoms with Crippen LogP contribution in [0.15, 0.2) is 12.7 Å². The Bertz CT molecular complexity index is 253. The van der Waals surface area contributed by atoms with E-state index in [0.29, 0.717) is 0 Å². The van der Waals surface area contributed by atoms with Gasteiger partial charge in [0.2, 0.25) is 0 Å². The van der Waals surface area contributed by atoms with Crippen LogP contribution in [-0.4, -0.2) is 31.3 Å². The van der Waals surface area contributed by atoms with Crippen molar-refractivity contribution in [1.29, 1.82) is 0 Å². The Morgan fingerprint density at radius 1 is 1.58 bits per heavy atom. The van der Waals surface area contributed by atoms with Crippen molar-refractivity contribution in [3.05, 3.63) is 12.7 Å². The maximum absolute atomic E-state index is 10.3. The highest BCUT2D eigenvalue weighted by Gasteiger charge is 2.05. The Labute approximate surface area is 69.5 Å². The normalized spacial score (nSPS) is 10.8. The van der Waals surface area contributed by atoms with E-state index in [-0.39, 0.29) is 0 Å². The van der Waals surface area contributed by atoms with Gasteiger partial charge >= 0.3 is 5.97 Å². The van der Waals surface area contributed by atoms with Crippen LogP contribution in [0.25, 0.3) is 0 Å². The van der Waals surface area contributed by atoms with E-state index >= 15 is 0 Å². The van der Waals surface area contributed by atoms with Gasteiger partial charge in [-0.05, 0) is 0 Å². The lowest BCUT2D eigenvalue weighted by molar-refractivity contribution is -0.263. The van der Waals surface area contributed by atoms with Crippen molar-refractivity contribution in [2.45, 2.75) is 0 Å². The van der Waals surface area contributed by atoms with E-state index in [0.717, 1.165) is 6.08 Å². The highest BCUT2D eigenvalue weighted by Crippen LogP contribution is 1.86. The van der Waals surface area contributed by atoms with E-state index in [1.54, 1.807) is 0 Å². The summed E-state index contributed by atoms with van der Waals surface area (Å²) in [7, 11) is -4.07. The van der Waals surface area contributed by atoms with Crippen molar-refractivity contribution in [2.24, 2.45) is 0 Å². The number of hydrogen-bond acceptors (Lipinski definition) is 5. The molecule has 0 rings (SSSR count). The average Bonchev–Trinajstić information content (AvgIpc) is 1.96. The third-order valence-electron chi connectivity index (χ3n) is 0.732. The van der Waals surface area contributed by atoms with Crippen LogP contribution in [0.4, 0.5) is 0 Å². The molecule has 0 aliphatic heterocycles. The molecular weight excluding hydrogens is 188 g/mol. The average molecular weight is 196 g/mol. The monoisotopic (exact) mass is 196 g/mol. The smallest absolute Gasteiger partial charge is 0.294 e. The fourth-order valence-electron chi connectivity index (χ4n) is 0.273. The molecule has 6 nitrogen and oxygen atoms in total. The third kappa shape index (κ3) is 7.19. The lowest BCUT2D eigenvalue weighted by Gasteiger charge is -1.98. The van der Waals surface area contributed by atoms with Crippen LogP contribution < -0.4 is 0 Å². The van der Waals surface area contributed by atoms with Gasteiger partial charge in [-0.1, -0.05) is 6.58 Å². The second kappa shape index (κ2) is 4.86. The zero-order chi connectivity index (χ0) is 9.61. The first-order valence-corrected chi connectivity index (χ1v) is 4.47. The second-order valence-corrected chi connectivity index (χ2v) is 3.29. The van der Waals surface area contributed by atoms with Gasteiger partial charge in [0.05, 0.1) is 0 Å². The Hall–Kier alpha value is -0.920. The molecule has 0 aromatic heterocycles. The lowest BCUT2D eigenvalue weighted by Crippen LogP contribution is -2.12. The summed E-state index contributed by atoms with van der Waals surface area (Å²) < 4.78 is 28.3. The van der Waals surface area contributed by atoms with Crippen molar-refractivity contribution < 1.29 is 27.5 Å². The second-order valence-electron chi connectivity index (χ2n) is 1.71. The largest absolute Gasteiger partial charge is 0.365 e. The summed E-state index contributed by atoms with van der Waals surface area (Å²) >= 11 is 0. The van der Waals surface area contributed by atoms with E-state index in [4.69, 9.17) is 4.55 Å². The Balaban J connectivity index is 3.47. The predicted molar refractivity (Wildman–Crippen MR) is 38.7 cm³/mol. The molecule has 0 saturated carbocycles. The minimum atomic E-state index is -4.07. The van der Waals surface area contributed by atoms with Crippen molar-refractivity contribution in [3.63, 3.8) is 0 Å². The topological polar surface area (TPSA) is 89.9 Å². The molecule has 0 radical (unpaired) electrons. The van der Waals surface area contributed by atoms with Crippen LogP contribution >= 0.6 is 0 Å². The summed E-state index contributed by atoms with van der Waals surface area (Å²) in [5.41, 5.74) is 0. The quantitative estimate of drug-likeness (QED) is 0.210. The molecule has 0 aromatic rings. The Kier molecular flexibility index (Phi) is 4.49. The van der Waals surface area contributed by atoms with Crippen LogP contribution in [0.2, 0.25) is 0 Å². The van der Waals surface area contributed by atoms with E-state index < -0.39 is 28.4 Å². The van der Waals surface area contributed by atoms with Crippen molar-refractivity contribution in [1.82, 2.24) is 0 Å². The first-order chi connectivity index (χ1) is 5.45. The molecule has 0 aliphatic rings. The first-order valence-electron chi connectivity index (χ1n) is 2.87. The third-order valence-corrected chi connectivity index (χ3v) is 1.41. The summed E-state index contributed by atoms with van der Waals surface area (Å²) in [6, 6.07) is 0. The van der Waals surface area contributed by atoms with E-state index in [2.05, 4.69) is 16.4 Å². The summed E-state index contributed by atoms with van der Waals surface area (Å²) in [6.45, 7) is 2.65. The summed E-state index contributed by atoms with van der Waals surface area (Å²) in [4.78, 5) is 18.3. The van der Waals surface area contributed by atoms with Gasteiger partial charge in [-0.2, -0.15) is 13.3 Å². The van der Waals surface area contributed by atoms with Crippen LogP contribution in [0.1, 0.15) is 0 Å². The van der Waals surface area contributed by atoms with Gasteiger partial charge in [-0.25, -0.2) is 4.79 Å². The van der Waals surface area contributed by atoms with Gasteiger partial charge in [0, 0.05) is 6.08 Å². The van der Waals surface area contributed by atoms with E-state index in [1.165, 1.54) is 0 Å². The zero-order valence-electron chi connectivity index (χ0n) is 6.10. The molecule has 0 bridgehead atoms. The fraction of sp³-hybridized carbons (Fsp3) is 0.400. The molecule has 0 saturated heterocycles. The molecule has 12 heavy (non-hydrogen) atoms. The summed E-state index contributed by atoms with van der Waals surface area (Å²) in [5, 5.41) is 0. The number of hydrogen-bond donors (Lipinski definition) is 1. The molecule has 70 valence electrons. The molecule has 0 atom stereocenters. The molecule has 0 heterocycles. The maximum Gasteiger partial charge on any atom is 0.365 e. The Morgan fingerprint density at radius 2 is 2.17 bits per heavy atom. The van der Waals surface area contributed by atoms with Gasteiger partial charge in [0.15, 0.2) is 0 Å². The van der Waals surface area contributed by atoms with Gasteiger partial charge in [-0.15, -0.1) is 0 Å². The zero-order valence-corrected chi connectivity index (χ0v) is 6.91. The molecular formula is C5H8O6S. The van der Waals surface area contributed by atoms with E-state index in [9.17, 15) is 13.2 Å². The van der Waals surface area contributed by atoms with Crippen molar-refractivity contribution in [3.8, 4) is 0 Å². The van der Waals surface area contributed by atoms with Crippen LogP contribution in [0.3, 0.4) is 0 Å². The van der Waals surface area contributed by atoms with E-state index in [1.807, 2.05) is 0 Å². The molecule has 0 aliphatic carbocycles. The SMILES string of the molecule is C=CC(=O)OOCCS(=O)(=O)O. The standard InChI is InChI=1S/C5H8O6S/c1-2-5(6)11-10-3-4-12(7,8)9/h2H,1,3-4H2,(H,7,8,9). The fourth-order valence-corrected chi connectivity index (χ4v) is 0.552. The van der Waals surface area contributed by atoms with Gasteiger partial charge in [0.1, 0.15) is 12.4 Å². The molecule has 1 N–H and O–H groups in total. The predicted octanol–water partition coefficient (Wildman–Crippen LogP) is -0.465. The first kappa shape index (κ1) is 11.1. The van der Waals surface area contributed by atoms with Crippen LogP contribution in [0, 0.1) is 0 Å². The van der Waals surface area contributed by atoms with Gasteiger partial charge in [0.25, 0.3) is 10.1 Å². The maximum atomic E-state index is 10.3. The van der Waals surface area contributed by atoms with Gasteiger partial charge in [-0.3, -0.25) is 9.44 Å². The summed E-state index contributed by atoms with van der Waals surface area (Å²) in [5.74, 6) is -1.46. The molecule has 0 unspecified atom stereocenters. The molecule has 0 fully saturated rings. The molecule has 0 spiro atoms. The highest BCUT2D eigenvalue weighted by molar-refractivity contribution is 7.85. The Morgan fingerprint density at radius 3 is 2.58 bits per heavy atom. The highest BCUT2D eigenvalue weighted by atomic mass is 32.2. The van der Waals surface area contributed by atoms with Crippen LogP contribution in [0.5, 0.6) is 0 Å². The lowest BCUT2D eigenvalue weighted by atomic mass is 10.7. The van der Waals surface area contributed by atoms with Crippen LogP contribution in [-0.2, 0) is 24.7 Å². The molecule has 0 amide bonds. The molecule has 0 aromatic carbocycles. The minimum absolute atomic E-state index is 0.418. The van der Waals surface area contributed by atoms with Crippen molar-refractivity contribution >= 4 is 16.1 Å². The number of rotatable bonds is 5. The number of carbonyl (C=O) groups is 1. The minimum Gasteiger partial charge on any atom is -0.294 e. The van der Waals surface area contributed by atoms with Crippen molar-refractivity contribution in [2.75, 3.05) is 12.4 Å². The molecule has 7 heteroatoms. The summed E-state index contributed by atoms with van der Waals surface area (Å²) in [6.07, 6.45) is 0.855. The van der Waals surface area contributed by atoms with Gasteiger partial charge < -0.3 is 0 Å². The number of carbonyl (C=O) groups excluding carboxylic acids is 1.